The summed E-state index contributed by atoms with van der Waals surface area (Å²) < 4.78 is 16.3. The maximum atomic E-state index is 12.7. The number of methoxy groups -OCH3 is 1. The van der Waals surface area contributed by atoms with Crippen LogP contribution in [0.3, 0.4) is 0 Å². The van der Waals surface area contributed by atoms with Crippen LogP contribution in [0.2, 0.25) is 0 Å². The second kappa shape index (κ2) is 11.9. The zero-order chi connectivity index (χ0) is 20.4. The van der Waals surface area contributed by atoms with Crippen molar-refractivity contribution in [1.82, 2.24) is 10.6 Å². The minimum atomic E-state index is -0.623. The van der Waals surface area contributed by atoms with E-state index < -0.39 is 6.04 Å². The lowest BCUT2D eigenvalue weighted by molar-refractivity contribution is -0.124. The van der Waals surface area contributed by atoms with Gasteiger partial charge in [0.15, 0.2) is 0 Å². The number of hydrogen-bond acceptors (Lipinski definition) is 6. The van der Waals surface area contributed by atoms with Gasteiger partial charge in [0.1, 0.15) is 11.8 Å². The number of carbonyl (C=O) groups excluding carboxylic acids is 2. The van der Waals surface area contributed by atoms with Crippen LogP contribution in [0.1, 0.15) is 30.1 Å². The molecule has 3 atom stereocenters. The first-order valence-corrected chi connectivity index (χ1v) is 10.9. The Morgan fingerprint density at radius 3 is 2.79 bits per heavy atom. The summed E-state index contributed by atoms with van der Waals surface area (Å²) in [6.07, 6.45) is 3.48. The molecule has 1 aliphatic heterocycles. The average molecular weight is 411 g/mol. The van der Waals surface area contributed by atoms with Crippen molar-refractivity contribution in [2.24, 2.45) is 0 Å². The van der Waals surface area contributed by atoms with Gasteiger partial charge in [0.2, 0.25) is 5.91 Å². The molecule has 0 aromatic heterocycles. The highest BCUT2D eigenvalue weighted by Crippen LogP contribution is 2.17. The predicted molar refractivity (Wildman–Crippen MR) is 110 cm³/mol. The summed E-state index contributed by atoms with van der Waals surface area (Å²) in [5.74, 6) is 0.695. The van der Waals surface area contributed by atoms with Crippen LogP contribution in [0.25, 0.3) is 0 Å². The third-order valence-corrected chi connectivity index (χ3v) is 5.09. The fourth-order valence-corrected chi connectivity index (χ4v) is 3.35. The molecule has 1 heterocycles. The minimum absolute atomic E-state index is 0.0943. The van der Waals surface area contributed by atoms with E-state index in [2.05, 4.69) is 10.6 Å². The van der Waals surface area contributed by atoms with E-state index in [9.17, 15) is 9.59 Å². The SMILES string of the molecule is COc1ccccc1C(=O)NC(CCSC)C(=O)NC(C)COC1CCOC1. The van der Waals surface area contributed by atoms with Gasteiger partial charge in [0.05, 0.1) is 32.0 Å². The van der Waals surface area contributed by atoms with Crippen LogP contribution in [0.4, 0.5) is 0 Å². The Morgan fingerprint density at radius 1 is 1.32 bits per heavy atom. The molecule has 2 amide bonds. The summed E-state index contributed by atoms with van der Waals surface area (Å²) in [5, 5.41) is 5.78. The van der Waals surface area contributed by atoms with Gasteiger partial charge < -0.3 is 24.8 Å². The quantitative estimate of drug-likeness (QED) is 0.579. The number of benzene rings is 1. The molecule has 0 radical (unpaired) electrons. The van der Waals surface area contributed by atoms with Crippen molar-refractivity contribution >= 4 is 23.6 Å². The second-order valence-corrected chi connectivity index (χ2v) is 7.72. The first kappa shape index (κ1) is 22.5. The Bertz CT molecular complexity index is 637. The van der Waals surface area contributed by atoms with Crippen molar-refractivity contribution in [2.45, 2.75) is 38.0 Å². The van der Waals surface area contributed by atoms with Gasteiger partial charge in [-0.15, -0.1) is 0 Å². The van der Waals surface area contributed by atoms with Gasteiger partial charge >= 0.3 is 0 Å². The summed E-state index contributed by atoms with van der Waals surface area (Å²) >= 11 is 1.63. The normalized spacial score (nSPS) is 18.3. The topological polar surface area (TPSA) is 85.9 Å². The summed E-state index contributed by atoms with van der Waals surface area (Å²) in [7, 11) is 1.51. The summed E-state index contributed by atoms with van der Waals surface area (Å²) in [4.78, 5) is 25.4. The number of para-hydroxylation sites is 1. The van der Waals surface area contributed by atoms with Gasteiger partial charge in [-0.2, -0.15) is 11.8 Å². The zero-order valence-corrected chi connectivity index (χ0v) is 17.6. The van der Waals surface area contributed by atoms with Crippen LogP contribution in [0.15, 0.2) is 24.3 Å². The van der Waals surface area contributed by atoms with E-state index >= 15 is 0 Å². The fraction of sp³-hybridized carbons (Fsp3) is 0.600. The molecule has 7 nitrogen and oxygen atoms in total. The largest absolute Gasteiger partial charge is 0.496 e. The van der Waals surface area contributed by atoms with Crippen molar-refractivity contribution in [3.05, 3.63) is 29.8 Å². The Balaban J connectivity index is 1.92. The second-order valence-electron chi connectivity index (χ2n) is 6.74. The van der Waals surface area contributed by atoms with E-state index in [1.807, 2.05) is 13.2 Å². The molecule has 1 saturated heterocycles. The number of hydrogen-bond donors (Lipinski definition) is 2. The molecule has 2 rings (SSSR count). The molecule has 1 aromatic carbocycles. The van der Waals surface area contributed by atoms with E-state index in [1.54, 1.807) is 36.0 Å². The maximum Gasteiger partial charge on any atom is 0.255 e. The Morgan fingerprint density at radius 2 is 2.11 bits per heavy atom. The van der Waals surface area contributed by atoms with Crippen molar-refractivity contribution < 1.29 is 23.8 Å². The van der Waals surface area contributed by atoms with E-state index in [1.165, 1.54) is 7.11 Å². The van der Waals surface area contributed by atoms with Crippen molar-refractivity contribution in [3.63, 3.8) is 0 Å². The molecule has 3 unspecified atom stereocenters. The highest BCUT2D eigenvalue weighted by atomic mass is 32.2. The molecule has 0 aliphatic carbocycles. The van der Waals surface area contributed by atoms with Gasteiger partial charge in [-0.1, -0.05) is 12.1 Å². The lowest BCUT2D eigenvalue weighted by atomic mass is 10.1. The first-order valence-electron chi connectivity index (χ1n) is 9.47. The van der Waals surface area contributed by atoms with E-state index in [4.69, 9.17) is 14.2 Å². The predicted octanol–water partition coefficient (Wildman–Crippen LogP) is 1.86. The van der Waals surface area contributed by atoms with Crippen molar-refractivity contribution in [2.75, 3.05) is 38.9 Å². The Kier molecular flexibility index (Phi) is 9.60. The van der Waals surface area contributed by atoms with Crippen LogP contribution >= 0.6 is 11.8 Å². The third-order valence-electron chi connectivity index (χ3n) is 4.44. The Hall–Kier alpha value is -1.77. The summed E-state index contributed by atoms with van der Waals surface area (Å²) in [6.45, 7) is 3.62. The van der Waals surface area contributed by atoms with Crippen LogP contribution in [0, 0.1) is 0 Å². The number of rotatable bonds is 11. The molecule has 0 bridgehead atoms. The molecule has 156 valence electrons. The molecule has 8 heteroatoms. The number of thioether (sulfide) groups is 1. The van der Waals surface area contributed by atoms with Crippen LogP contribution < -0.4 is 15.4 Å². The van der Waals surface area contributed by atoms with Crippen LogP contribution in [0.5, 0.6) is 5.75 Å². The van der Waals surface area contributed by atoms with Gasteiger partial charge in [0.25, 0.3) is 5.91 Å². The zero-order valence-electron chi connectivity index (χ0n) is 16.7. The minimum Gasteiger partial charge on any atom is -0.496 e. The van der Waals surface area contributed by atoms with Crippen LogP contribution in [-0.2, 0) is 14.3 Å². The number of nitrogens with one attached hydrogen (secondary N) is 2. The molecule has 1 aromatic rings. The standard InChI is InChI=1S/C20H30N2O5S/c1-14(12-27-15-8-10-26-13-15)21-20(24)17(9-11-28-3)22-19(23)16-6-4-5-7-18(16)25-2/h4-7,14-15,17H,8-13H2,1-3H3,(H,21,24)(H,22,23). The van der Waals surface area contributed by atoms with E-state index in [0.29, 0.717) is 30.9 Å². The Labute approximate surface area is 170 Å². The lowest BCUT2D eigenvalue weighted by Gasteiger charge is -2.22. The molecule has 28 heavy (non-hydrogen) atoms. The molecule has 0 saturated carbocycles. The van der Waals surface area contributed by atoms with Crippen molar-refractivity contribution in [1.29, 1.82) is 0 Å². The van der Waals surface area contributed by atoms with Crippen molar-refractivity contribution in [3.8, 4) is 5.75 Å². The smallest absolute Gasteiger partial charge is 0.255 e. The van der Waals surface area contributed by atoms with E-state index in [0.717, 1.165) is 18.8 Å². The van der Waals surface area contributed by atoms with Crippen LogP contribution in [-0.4, -0.2) is 68.9 Å². The maximum absolute atomic E-state index is 12.7. The third kappa shape index (κ3) is 7.00. The first-order chi connectivity index (χ1) is 13.5. The number of ether oxygens (including phenoxy) is 3. The monoisotopic (exact) mass is 410 g/mol. The highest BCUT2D eigenvalue weighted by Gasteiger charge is 2.24. The fourth-order valence-electron chi connectivity index (χ4n) is 2.88. The highest BCUT2D eigenvalue weighted by molar-refractivity contribution is 7.98. The van der Waals surface area contributed by atoms with E-state index in [-0.39, 0.29) is 24.0 Å². The molecular weight excluding hydrogens is 380 g/mol. The molecule has 1 aliphatic rings. The molecule has 1 fully saturated rings. The number of carbonyl (C=O) groups is 2. The number of amides is 2. The molecule has 2 N–H and O–H groups in total. The van der Waals surface area contributed by atoms with Gasteiger partial charge in [-0.25, -0.2) is 0 Å². The average Bonchev–Trinajstić information content (AvgIpc) is 3.22. The van der Waals surface area contributed by atoms with Gasteiger partial charge in [-0.05, 0) is 43.9 Å². The summed E-state index contributed by atoms with van der Waals surface area (Å²) in [5.41, 5.74) is 0.407. The van der Waals surface area contributed by atoms with Gasteiger partial charge in [-0.3, -0.25) is 9.59 Å². The van der Waals surface area contributed by atoms with Gasteiger partial charge in [0, 0.05) is 12.6 Å². The lowest BCUT2D eigenvalue weighted by Crippen LogP contribution is -2.50. The molecule has 0 spiro atoms. The molecular formula is C20H30N2O5S. The summed E-state index contributed by atoms with van der Waals surface area (Å²) in [6, 6.07) is 6.18.